The smallest absolute Gasteiger partial charge is 0.189 e. The second-order valence-corrected chi connectivity index (χ2v) is 6.29. The lowest BCUT2D eigenvalue weighted by Gasteiger charge is -2.20. The molecule has 0 atom stereocenters. The van der Waals surface area contributed by atoms with Gasteiger partial charge >= 0.3 is 0 Å². The normalized spacial score (nSPS) is 14.0. The molecule has 0 amide bonds. The quantitative estimate of drug-likeness (QED) is 0.807. The molecule has 1 aliphatic heterocycles. The summed E-state index contributed by atoms with van der Waals surface area (Å²) in [6.45, 7) is 2.60. The number of aryl methyl sites for hydroxylation is 1. The van der Waals surface area contributed by atoms with Gasteiger partial charge in [-0.3, -0.25) is 0 Å². The fourth-order valence-corrected chi connectivity index (χ4v) is 3.72. The third-order valence-electron chi connectivity index (χ3n) is 2.70. The first kappa shape index (κ1) is 12.9. The van der Waals surface area contributed by atoms with E-state index in [4.69, 9.17) is 9.47 Å². The van der Waals surface area contributed by atoms with E-state index in [0.29, 0.717) is 12.4 Å². The summed E-state index contributed by atoms with van der Waals surface area (Å²) < 4.78 is 25.2. The first-order valence-electron chi connectivity index (χ1n) is 5.79. The number of halogens is 1. The molecule has 3 rings (SSSR count). The predicted molar refractivity (Wildman–Crippen MR) is 73.1 cm³/mol. The van der Waals surface area contributed by atoms with Crippen molar-refractivity contribution in [3.05, 3.63) is 40.2 Å². The average molecular weight is 297 g/mol. The van der Waals surface area contributed by atoms with Gasteiger partial charge in [0.15, 0.2) is 6.79 Å². The van der Waals surface area contributed by atoms with Gasteiger partial charge in [0.1, 0.15) is 15.9 Å². The Balaban J connectivity index is 1.82. The number of benzene rings is 1. The second kappa shape index (κ2) is 5.48. The topological polar surface area (TPSA) is 31.4 Å². The summed E-state index contributed by atoms with van der Waals surface area (Å²) in [6.07, 6.45) is 0. The van der Waals surface area contributed by atoms with E-state index in [-0.39, 0.29) is 12.6 Å². The standard InChI is InChI=1S/C13H12FNO2S2/c1-8-5-18-13(15-8)19-6-10-3-11(14)2-9-4-16-7-17-12(9)10/h2-3,5H,4,6-7H2,1H3. The van der Waals surface area contributed by atoms with E-state index in [1.807, 2.05) is 12.3 Å². The molecule has 0 saturated heterocycles. The van der Waals surface area contributed by atoms with Crippen molar-refractivity contribution in [2.24, 2.45) is 0 Å². The van der Waals surface area contributed by atoms with Crippen LogP contribution in [0.15, 0.2) is 21.9 Å². The molecule has 0 N–H and O–H groups in total. The summed E-state index contributed by atoms with van der Waals surface area (Å²) in [7, 11) is 0. The lowest BCUT2D eigenvalue weighted by Crippen LogP contribution is -2.13. The molecule has 2 heterocycles. The van der Waals surface area contributed by atoms with Gasteiger partial charge in [0.2, 0.25) is 0 Å². The fraction of sp³-hybridized carbons (Fsp3) is 0.308. The van der Waals surface area contributed by atoms with Crippen molar-refractivity contribution in [1.82, 2.24) is 4.98 Å². The molecule has 2 aromatic rings. The van der Waals surface area contributed by atoms with Gasteiger partial charge < -0.3 is 9.47 Å². The Bertz CT molecular complexity index is 600. The van der Waals surface area contributed by atoms with Crippen molar-refractivity contribution >= 4 is 23.1 Å². The zero-order valence-corrected chi connectivity index (χ0v) is 11.9. The number of nitrogens with zero attached hydrogens (tertiary/aromatic N) is 1. The van der Waals surface area contributed by atoms with E-state index in [9.17, 15) is 4.39 Å². The van der Waals surface area contributed by atoms with Gasteiger partial charge in [0.25, 0.3) is 0 Å². The number of hydrogen-bond acceptors (Lipinski definition) is 5. The van der Waals surface area contributed by atoms with Gasteiger partial charge in [0, 0.05) is 28.0 Å². The van der Waals surface area contributed by atoms with Crippen LogP contribution in [-0.2, 0) is 17.1 Å². The van der Waals surface area contributed by atoms with Crippen LogP contribution in [0.3, 0.4) is 0 Å². The largest absolute Gasteiger partial charge is 0.467 e. The molecular weight excluding hydrogens is 285 g/mol. The van der Waals surface area contributed by atoms with Crippen LogP contribution in [0.2, 0.25) is 0 Å². The minimum atomic E-state index is -0.251. The van der Waals surface area contributed by atoms with Gasteiger partial charge in [-0.05, 0) is 19.1 Å². The SMILES string of the molecule is Cc1csc(SCc2cc(F)cc3c2OCOC3)n1. The van der Waals surface area contributed by atoms with E-state index in [1.54, 1.807) is 23.1 Å². The molecule has 6 heteroatoms. The summed E-state index contributed by atoms with van der Waals surface area (Å²) in [6, 6.07) is 2.99. The van der Waals surface area contributed by atoms with Gasteiger partial charge in [-0.25, -0.2) is 9.37 Å². The molecule has 100 valence electrons. The van der Waals surface area contributed by atoms with Crippen LogP contribution >= 0.6 is 23.1 Å². The summed E-state index contributed by atoms with van der Waals surface area (Å²) in [4.78, 5) is 4.38. The number of aromatic nitrogens is 1. The van der Waals surface area contributed by atoms with E-state index in [2.05, 4.69) is 4.98 Å². The molecule has 1 aromatic carbocycles. The number of thioether (sulfide) groups is 1. The highest BCUT2D eigenvalue weighted by molar-refractivity contribution is 8.00. The second-order valence-electron chi connectivity index (χ2n) is 4.21. The third-order valence-corrected chi connectivity index (χ3v) is 4.89. The zero-order valence-electron chi connectivity index (χ0n) is 10.3. The first-order valence-corrected chi connectivity index (χ1v) is 7.65. The third kappa shape index (κ3) is 2.91. The minimum absolute atomic E-state index is 0.229. The van der Waals surface area contributed by atoms with Crippen molar-refractivity contribution in [3.63, 3.8) is 0 Å². The number of rotatable bonds is 3. The number of thiazole rings is 1. The van der Waals surface area contributed by atoms with E-state index in [0.717, 1.165) is 26.9 Å². The number of fused-ring (bicyclic) bond motifs is 1. The molecule has 0 spiro atoms. The summed E-state index contributed by atoms with van der Waals surface area (Å²) >= 11 is 3.20. The van der Waals surface area contributed by atoms with Gasteiger partial charge in [0.05, 0.1) is 6.61 Å². The summed E-state index contributed by atoms with van der Waals surface area (Å²) in [5, 5.41) is 2.01. The van der Waals surface area contributed by atoms with Crippen LogP contribution in [0, 0.1) is 12.7 Å². The molecule has 0 fully saturated rings. The maximum atomic E-state index is 13.6. The average Bonchev–Trinajstić information content (AvgIpc) is 2.81. The number of ether oxygens (including phenoxy) is 2. The molecule has 1 aromatic heterocycles. The van der Waals surface area contributed by atoms with Crippen LogP contribution in [0.1, 0.15) is 16.8 Å². The molecule has 0 saturated carbocycles. The first-order chi connectivity index (χ1) is 9.22. The Morgan fingerprint density at radius 2 is 2.37 bits per heavy atom. The highest BCUT2D eigenvalue weighted by Gasteiger charge is 2.17. The lowest BCUT2D eigenvalue weighted by atomic mass is 10.1. The Morgan fingerprint density at radius 3 is 3.16 bits per heavy atom. The molecule has 0 aliphatic carbocycles. The number of hydrogen-bond donors (Lipinski definition) is 0. The molecule has 0 unspecified atom stereocenters. The Labute approximate surface area is 118 Å². The molecule has 3 nitrogen and oxygen atoms in total. The minimum Gasteiger partial charge on any atom is -0.467 e. The Hall–Kier alpha value is -1.11. The van der Waals surface area contributed by atoms with Crippen molar-refractivity contribution in [2.75, 3.05) is 6.79 Å². The molecule has 0 bridgehead atoms. The monoisotopic (exact) mass is 297 g/mol. The molecule has 1 aliphatic rings. The van der Waals surface area contributed by atoms with Gasteiger partial charge in [-0.15, -0.1) is 11.3 Å². The highest BCUT2D eigenvalue weighted by Crippen LogP contribution is 2.34. The van der Waals surface area contributed by atoms with Crippen LogP contribution in [0.4, 0.5) is 4.39 Å². The maximum Gasteiger partial charge on any atom is 0.189 e. The highest BCUT2D eigenvalue weighted by atomic mass is 32.2. The van der Waals surface area contributed by atoms with E-state index >= 15 is 0 Å². The Kier molecular flexibility index (Phi) is 3.72. The van der Waals surface area contributed by atoms with E-state index < -0.39 is 0 Å². The van der Waals surface area contributed by atoms with Crippen molar-refractivity contribution < 1.29 is 13.9 Å². The zero-order chi connectivity index (χ0) is 13.2. The van der Waals surface area contributed by atoms with Gasteiger partial charge in [-0.1, -0.05) is 11.8 Å². The molecule has 0 radical (unpaired) electrons. The summed E-state index contributed by atoms with van der Waals surface area (Å²) in [5.41, 5.74) is 2.65. The van der Waals surface area contributed by atoms with Crippen LogP contribution in [0.25, 0.3) is 0 Å². The summed E-state index contributed by atoms with van der Waals surface area (Å²) in [5.74, 6) is 1.15. The predicted octanol–water partition coefficient (Wildman–Crippen LogP) is 3.75. The lowest BCUT2D eigenvalue weighted by molar-refractivity contribution is -0.0171. The molecular formula is C13H12FNO2S2. The Morgan fingerprint density at radius 1 is 1.47 bits per heavy atom. The van der Waals surface area contributed by atoms with Crippen LogP contribution in [-0.4, -0.2) is 11.8 Å². The van der Waals surface area contributed by atoms with Crippen molar-refractivity contribution in [2.45, 2.75) is 23.6 Å². The fourth-order valence-electron chi connectivity index (χ4n) is 1.90. The maximum absolute atomic E-state index is 13.6. The molecule has 19 heavy (non-hydrogen) atoms. The van der Waals surface area contributed by atoms with Crippen molar-refractivity contribution in [1.29, 1.82) is 0 Å². The van der Waals surface area contributed by atoms with Crippen LogP contribution < -0.4 is 4.74 Å². The van der Waals surface area contributed by atoms with Gasteiger partial charge in [-0.2, -0.15) is 0 Å². The van der Waals surface area contributed by atoms with Crippen molar-refractivity contribution in [3.8, 4) is 5.75 Å². The van der Waals surface area contributed by atoms with Crippen LogP contribution in [0.5, 0.6) is 5.75 Å². The van der Waals surface area contributed by atoms with E-state index in [1.165, 1.54) is 12.1 Å².